The highest BCUT2D eigenvalue weighted by atomic mass is 32.2. The van der Waals surface area contributed by atoms with Crippen LogP contribution in [0.1, 0.15) is 38.3 Å². The highest BCUT2D eigenvalue weighted by Gasteiger charge is 2.27. The summed E-state index contributed by atoms with van der Waals surface area (Å²) in [5, 5.41) is 3.14. The van der Waals surface area contributed by atoms with Crippen LogP contribution in [-0.2, 0) is 10.2 Å². The molecule has 2 N–H and O–H groups in total. The molecule has 0 saturated carbocycles. The van der Waals surface area contributed by atoms with Gasteiger partial charge in [-0.05, 0) is 44.4 Å². The van der Waals surface area contributed by atoms with Crippen molar-refractivity contribution in [3.63, 3.8) is 0 Å². The van der Waals surface area contributed by atoms with Crippen molar-refractivity contribution in [3.05, 3.63) is 29.8 Å². The Morgan fingerprint density at radius 1 is 1.24 bits per heavy atom. The molecule has 0 radical (unpaired) electrons. The fraction of sp³-hybridized carbons (Fsp3) is 0.600. The zero-order valence-electron chi connectivity index (χ0n) is 13.0. The first-order chi connectivity index (χ1) is 9.94. The maximum Gasteiger partial charge on any atom is 0.301 e. The van der Waals surface area contributed by atoms with Crippen molar-refractivity contribution in [3.8, 4) is 0 Å². The first-order valence-electron chi connectivity index (χ1n) is 7.48. The van der Waals surface area contributed by atoms with Crippen LogP contribution < -0.4 is 10.0 Å². The van der Waals surface area contributed by atoms with Crippen LogP contribution in [0.25, 0.3) is 0 Å². The van der Waals surface area contributed by atoms with Crippen molar-refractivity contribution >= 4 is 15.9 Å². The molecule has 1 aliphatic rings. The Morgan fingerprint density at radius 3 is 2.48 bits per heavy atom. The summed E-state index contributed by atoms with van der Waals surface area (Å²) in [6.07, 6.45) is 1.85. The summed E-state index contributed by atoms with van der Waals surface area (Å²) in [5.74, 6) is 0.605. The SMILES string of the molecule is CNC(C)c1ccccc1NS(=O)(=O)N1CCC(C)CC1. The van der Waals surface area contributed by atoms with Gasteiger partial charge in [0, 0.05) is 19.1 Å². The van der Waals surface area contributed by atoms with Gasteiger partial charge in [0.05, 0.1) is 5.69 Å². The van der Waals surface area contributed by atoms with E-state index in [1.807, 2.05) is 38.2 Å². The van der Waals surface area contributed by atoms with Crippen molar-refractivity contribution in [1.29, 1.82) is 0 Å². The van der Waals surface area contributed by atoms with E-state index in [1.165, 1.54) is 0 Å². The first-order valence-corrected chi connectivity index (χ1v) is 8.92. The number of hydrogen-bond donors (Lipinski definition) is 2. The molecule has 6 heteroatoms. The van der Waals surface area contributed by atoms with Gasteiger partial charge >= 0.3 is 10.2 Å². The molecule has 1 atom stereocenters. The Kier molecular flexibility index (Phi) is 5.24. The smallest absolute Gasteiger partial charge is 0.301 e. The molecule has 1 fully saturated rings. The molecular weight excluding hydrogens is 286 g/mol. The molecule has 1 aromatic carbocycles. The number of hydrogen-bond acceptors (Lipinski definition) is 3. The molecular formula is C15H25N3O2S. The molecule has 0 bridgehead atoms. The fourth-order valence-electron chi connectivity index (χ4n) is 2.55. The lowest BCUT2D eigenvalue weighted by Crippen LogP contribution is -2.41. The number of anilines is 1. The monoisotopic (exact) mass is 311 g/mol. The number of piperidine rings is 1. The van der Waals surface area contributed by atoms with E-state index in [0.717, 1.165) is 18.4 Å². The van der Waals surface area contributed by atoms with Crippen molar-refractivity contribution in [2.75, 3.05) is 24.9 Å². The Hall–Kier alpha value is -1.11. The van der Waals surface area contributed by atoms with Crippen LogP contribution in [0.3, 0.4) is 0 Å². The normalized spacial score (nSPS) is 19.4. The van der Waals surface area contributed by atoms with E-state index in [0.29, 0.717) is 24.7 Å². The van der Waals surface area contributed by atoms with Gasteiger partial charge in [0.25, 0.3) is 0 Å². The quantitative estimate of drug-likeness (QED) is 0.877. The van der Waals surface area contributed by atoms with Crippen molar-refractivity contribution in [2.24, 2.45) is 5.92 Å². The molecule has 2 rings (SSSR count). The molecule has 1 saturated heterocycles. The largest absolute Gasteiger partial charge is 0.313 e. The van der Waals surface area contributed by atoms with E-state index in [2.05, 4.69) is 17.0 Å². The molecule has 0 amide bonds. The van der Waals surface area contributed by atoms with Crippen molar-refractivity contribution in [2.45, 2.75) is 32.7 Å². The third kappa shape index (κ3) is 3.96. The summed E-state index contributed by atoms with van der Waals surface area (Å²) in [4.78, 5) is 0. The van der Waals surface area contributed by atoms with Crippen molar-refractivity contribution in [1.82, 2.24) is 9.62 Å². The summed E-state index contributed by atoms with van der Waals surface area (Å²) in [5.41, 5.74) is 1.60. The Balaban J connectivity index is 2.17. The third-order valence-electron chi connectivity index (χ3n) is 4.18. The van der Waals surface area contributed by atoms with E-state index in [-0.39, 0.29) is 6.04 Å². The molecule has 1 aliphatic heterocycles. The summed E-state index contributed by atoms with van der Waals surface area (Å²) < 4.78 is 29.3. The minimum atomic E-state index is -3.47. The lowest BCUT2D eigenvalue weighted by molar-refractivity contribution is 0.289. The highest BCUT2D eigenvalue weighted by Crippen LogP contribution is 2.25. The molecule has 1 heterocycles. The number of nitrogens with zero attached hydrogens (tertiary/aromatic N) is 1. The second-order valence-electron chi connectivity index (χ2n) is 5.79. The van der Waals surface area contributed by atoms with E-state index >= 15 is 0 Å². The van der Waals surface area contributed by atoms with Crippen LogP contribution in [0.4, 0.5) is 5.69 Å². The van der Waals surface area contributed by atoms with Crippen LogP contribution in [0, 0.1) is 5.92 Å². The van der Waals surface area contributed by atoms with Gasteiger partial charge in [-0.3, -0.25) is 4.72 Å². The van der Waals surface area contributed by atoms with Crippen LogP contribution >= 0.6 is 0 Å². The second kappa shape index (κ2) is 6.77. The number of para-hydroxylation sites is 1. The Morgan fingerprint density at radius 2 is 1.86 bits per heavy atom. The van der Waals surface area contributed by atoms with Crippen LogP contribution in [0.2, 0.25) is 0 Å². The number of rotatable bonds is 5. The molecule has 5 nitrogen and oxygen atoms in total. The number of benzene rings is 1. The molecule has 0 spiro atoms. The topological polar surface area (TPSA) is 61.4 Å². The standard InChI is InChI=1S/C15H25N3O2S/c1-12-8-10-18(11-9-12)21(19,20)17-15-7-5-4-6-14(15)13(2)16-3/h4-7,12-13,16-17H,8-11H2,1-3H3. The van der Waals surface area contributed by atoms with Gasteiger partial charge < -0.3 is 5.32 Å². The van der Waals surface area contributed by atoms with Crippen LogP contribution in [-0.4, -0.2) is 32.9 Å². The summed E-state index contributed by atoms with van der Waals surface area (Å²) in [6, 6.07) is 7.61. The van der Waals surface area contributed by atoms with Gasteiger partial charge in [-0.2, -0.15) is 12.7 Å². The summed E-state index contributed by atoms with van der Waals surface area (Å²) in [6.45, 7) is 5.37. The van der Waals surface area contributed by atoms with E-state index in [1.54, 1.807) is 4.31 Å². The minimum absolute atomic E-state index is 0.0882. The molecule has 118 valence electrons. The molecule has 0 aromatic heterocycles. The second-order valence-corrected chi connectivity index (χ2v) is 7.46. The lowest BCUT2D eigenvalue weighted by atomic mass is 10.0. The van der Waals surface area contributed by atoms with Gasteiger partial charge in [-0.25, -0.2) is 0 Å². The van der Waals surface area contributed by atoms with Gasteiger partial charge in [0.1, 0.15) is 0 Å². The molecule has 0 aliphatic carbocycles. The Labute approximate surface area is 127 Å². The van der Waals surface area contributed by atoms with Crippen LogP contribution in [0.5, 0.6) is 0 Å². The lowest BCUT2D eigenvalue weighted by Gasteiger charge is -2.30. The maximum atomic E-state index is 12.5. The van der Waals surface area contributed by atoms with Gasteiger partial charge in [0.15, 0.2) is 0 Å². The third-order valence-corrected chi connectivity index (χ3v) is 5.70. The average Bonchev–Trinajstić information content (AvgIpc) is 2.47. The maximum absolute atomic E-state index is 12.5. The zero-order chi connectivity index (χ0) is 15.5. The molecule has 21 heavy (non-hydrogen) atoms. The fourth-order valence-corrected chi connectivity index (χ4v) is 3.84. The predicted octanol–water partition coefficient (Wildman–Crippen LogP) is 2.36. The molecule has 1 aromatic rings. The zero-order valence-corrected chi connectivity index (χ0v) is 13.8. The summed E-state index contributed by atoms with van der Waals surface area (Å²) >= 11 is 0. The predicted molar refractivity (Wildman–Crippen MR) is 86.4 cm³/mol. The Bertz CT molecular complexity index is 566. The van der Waals surface area contributed by atoms with E-state index < -0.39 is 10.2 Å². The van der Waals surface area contributed by atoms with Crippen molar-refractivity contribution < 1.29 is 8.42 Å². The van der Waals surface area contributed by atoms with Gasteiger partial charge in [-0.1, -0.05) is 25.1 Å². The van der Waals surface area contributed by atoms with Gasteiger partial charge in [0.2, 0.25) is 0 Å². The van der Waals surface area contributed by atoms with E-state index in [9.17, 15) is 8.42 Å². The van der Waals surface area contributed by atoms with E-state index in [4.69, 9.17) is 0 Å². The summed E-state index contributed by atoms with van der Waals surface area (Å²) in [7, 11) is -1.61. The van der Waals surface area contributed by atoms with Gasteiger partial charge in [-0.15, -0.1) is 0 Å². The minimum Gasteiger partial charge on any atom is -0.313 e. The first kappa shape index (κ1) is 16.3. The highest BCUT2D eigenvalue weighted by molar-refractivity contribution is 7.90. The number of nitrogens with one attached hydrogen (secondary N) is 2. The average molecular weight is 311 g/mol. The molecule has 1 unspecified atom stereocenters. The van der Waals surface area contributed by atoms with Crippen LogP contribution in [0.15, 0.2) is 24.3 Å².